The molecule has 0 amide bonds. The van der Waals surface area contributed by atoms with Crippen molar-refractivity contribution in [3.8, 4) is 5.75 Å². The van der Waals surface area contributed by atoms with Crippen molar-refractivity contribution in [1.29, 1.82) is 0 Å². The fraction of sp³-hybridized carbons (Fsp3) is 0.476. The minimum absolute atomic E-state index is 0.0638. The van der Waals surface area contributed by atoms with Crippen molar-refractivity contribution in [1.82, 2.24) is 19.5 Å². The van der Waals surface area contributed by atoms with E-state index < -0.39 is 0 Å². The fourth-order valence-electron chi connectivity index (χ4n) is 3.99. The van der Waals surface area contributed by atoms with Gasteiger partial charge in [0.1, 0.15) is 11.6 Å². The van der Waals surface area contributed by atoms with E-state index in [1.54, 1.807) is 11.7 Å². The van der Waals surface area contributed by atoms with E-state index in [9.17, 15) is 4.79 Å². The minimum Gasteiger partial charge on any atom is -0.496 e. The molecule has 0 saturated heterocycles. The maximum absolute atomic E-state index is 13.1. The monoisotopic (exact) mass is 381 g/mol. The molecule has 0 aliphatic heterocycles. The van der Waals surface area contributed by atoms with Gasteiger partial charge in [0, 0.05) is 24.6 Å². The van der Waals surface area contributed by atoms with E-state index in [0.29, 0.717) is 36.1 Å². The van der Waals surface area contributed by atoms with Crippen molar-refractivity contribution in [2.24, 2.45) is 0 Å². The summed E-state index contributed by atoms with van der Waals surface area (Å²) in [4.78, 5) is 25.7. The van der Waals surface area contributed by atoms with E-state index in [-0.39, 0.29) is 5.56 Å². The number of H-pyrrole nitrogens is 1. The molecule has 0 atom stereocenters. The third-order valence-electron chi connectivity index (χ3n) is 5.45. The van der Waals surface area contributed by atoms with Gasteiger partial charge in [0.2, 0.25) is 5.95 Å². The first-order valence-corrected chi connectivity index (χ1v) is 10.1. The minimum atomic E-state index is -0.0638. The molecular weight excluding hydrogens is 354 g/mol. The van der Waals surface area contributed by atoms with Gasteiger partial charge in [-0.25, -0.2) is 4.98 Å². The molecule has 1 saturated carbocycles. The molecule has 2 heterocycles. The Morgan fingerprint density at radius 2 is 2.04 bits per heavy atom. The largest absolute Gasteiger partial charge is 0.496 e. The van der Waals surface area contributed by atoms with E-state index in [4.69, 9.17) is 4.74 Å². The predicted molar refractivity (Wildman–Crippen MR) is 110 cm³/mol. The number of benzene rings is 1. The number of aromatic amines is 1. The lowest BCUT2D eigenvalue weighted by Gasteiger charge is -2.14. The molecule has 28 heavy (non-hydrogen) atoms. The highest BCUT2D eigenvalue weighted by Crippen LogP contribution is 2.32. The van der Waals surface area contributed by atoms with E-state index in [1.807, 2.05) is 24.3 Å². The summed E-state index contributed by atoms with van der Waals surface area (Å²) >= 11 is 0. The summed E-state index contributed by atoms with van der Waals surface area (Å²) in [6, 6.07) is 7.83. The highest BCUT2D eigenvalue weighted by Gasteiger charge is 2.22. The zero-order chi connectivity index (χ0) is 19.5. The highest BCUT2D eigenvalue weighted by atomic mass is 16.5. The third-order valence-corrected chi connectivity index (χ3v) is 5.45. The van der Waals surface area contributed by atoms with Crippen LogP contribution in [0.3, 0.4) is 0 Å². The van der Waals surface area contributed by atoms with Crippen molar-refractivity contribution < 1.29 is 4.74 Å². The van der Waals surface area contributed by atoms with Crippen LogP contribution in [-0.4, -0.2) is 26.6 Å². The molecule has 0 unspecified atom stereocenters. The molecule has 7 nitrogen and oxygen atoms in total. The van der Waals surface area contributed by atoms with Crippen LogP contribution in [0.25, 0.3) is 11.2 Å². The number of imidazole rings is 1. The Bertz CT molecular complexity index is 1020. The maximum Gasteiger partial charge on any atom is 0.280 e. The second-order valence-electron chi connectivity index (χ2n) is 7.36. The summed E-state index contributed by atoms with van der Waals surface area (Å²) < 4.78 is 7.12. The zero-order valence-electron chi connectivity index (χ0n) is 16.5. The number of ether oxygens (including phenoxy) is 1. The molecule has 2 aromatic heterocycles. The van der Waals surface area contributed by atoms with Gasteiger partial charge in [-0.05, 0) is 25.3 Å². The lowest BCUT2D eigenvalue weighted by atomic mass is 10.1. The molecule has 4 rings (SSSR count). The van der Waals surface area contributed by atoms with Crippen molar-refractivity contribution in [3.05, 3.63) is 46.0 Å². The van der Waals surface area contributed by atoms with Crippen molar-refractivity contribution >= 4 is 17.1 Å². The summed E-state index contributed by atoms with van der Waals surface area (Å²) in [5, 5.41) is 3.32. The van der Waals surface area contributed by atoms with Gasteiger partial charge in [-0.15, -0.1) is 0 Å². The number of nitrogens with one attached hydrogen (secondary N) is 2. The smallest absolute Gasteiger partial charge is 0.280 e. The Kier molecular flexibility index (Phi) is 5.32. The molecular formula is C21H27N5O2. The Morgan fingerprint density at radius 1 is 1.25 bits per heavy atom. The molecule has 1 aliphatic carbocycles. The summed E-state index contributed by atoms with van der Waals surface area (Å²) in [7, 11) is 1.66. The summed E-state index contributed by atoms with van der Waals surface area (Å²) in [5.41, 5.74) is 1.96. The number of methoxy groups -OCH3 is 1. The molecule has 148 valence electrons. The Morgan fingerprint density at radius 3 is 2.79 bits per heavy atom. The third kappa shape index (κ3) is 3.48. The van der Waals surface area contributed by atoms with Gasteiger partial charge in [-0.2, -0.15) is 4.98 Å². The number of rotatable bonds is 7. The standard InChI is InChI=1S/C21H27N5O2/c1-3-12-26-20(27)17-19(24-18(23-17)14-8-4-5-9-14)25-21(26)22-13-15-10-6-7-11-16(15)28-2/h6-7,10-11,14H,3-5,8-9,12-13H2,1-2H3,(H,22,25)(H,23,24). The Labute approximate surface area is 164 Å². The van der Waals surface area contributed by atoms with Gasteiger partial charge < -0.3 is 15.0 Å². The van der Waals surface area contributed by atoms with Gasteiger partial charge in [-0.3, -0.25) is 9.36 Å². The van der Waals surface area contributed by atoms with Crippen LogP contribution in [-0.2, 0) is 13.1 Å². The molecule has 1 aromatic carbocycles. The number of para-hydroxylation sites is 1. The number of fused-ring (bicyclic) bond motifs is 1. The lowest BCUT2D eigenvalue weighted by Crippen LogP contribution is -2.25. The number of nitrogens with zero attached hydrogens (tertiary/aromatic N) is 3. The van der Waals surface area contributed by atoms with E-state index in [0.717, 1.165) is 36.4 Å². The fourth-order valence-corrected chi connectivity index (χ4v) is 3.99. The normalized spacial score (nSPS) is 14.6. The predicted octanol–water partition coefficient (Wildman–Crippen LogP) is 3.81. The molecule has 2 N–H and O–H groups in total. The van der Waals surface area contributed by atoms with Gasteiger partial charge in [0.05, 0.1) is 7.11 Å². The van der Waals surface area contributed by atoms with Crippen LogP contribution in [0.5, 0.6) is 5.75 Å². The van der Waals surface area contributed by atoms with Gasteiger partial charge in [0.15, 0.2) is 11.2 Å². The van der Waals surface area contributed by atoms with Gasteiger partial charge >= 0.3 is 0 Å². The molecule has 3 aromatic rings. The molecule has 0 bridgehead atoms. The van der Waals surface area contributed by atoms with Crippen LogP contribution in [0.4, 0.5) is 5.95 Å². The van der Waals surface area contributed by atoms with E-state index in [1.165, 1.54) is 12.8 Å². The number of hydrogen-bond donors (Lipinski definition) is 2. The lowest BCUT2D eigenvalue weighted by molar-refractivity contribution is 0.410. The molecule has 1 fully saturated rings. The average molecular weight is 381 g/mol. The quantitative estimate of drug-likeness (QED) is 0.650. The van der Waals surface area contributed by atoms with Crippen LogP contribution in [0, 0.1) is 0 Å². The molecule has 0 spiro atoms. The van der Waals surface area contributed by atoms with Crippen LogP contribution < -0.4 is 15.6 Å². The average Bonchev–Trinajstić information content (AvgIpc) is 3.38. The number of aromatic nitrogens is 4. The molecule has 0 radical (unpaired) electrons. The second kappa shape index (κ2) is 8.04. The topological polar surface area (TPSA) is 84.8 Å². The Hall–Kier alpha value is -2.83. The second-order valence-corrected chi connectivity index (χ2v) is 7.36. The van der Waals surface area contributed by atoms with Crippen molar-refractivity contribution in [2.45, 2.75) is 58.0 Å². The van der Waals surface area contributed by atoms with Gasteiger partial charge in [-0.1, -0.05) is 38.0 Å². The van der Waals surface area contributed by atoms with Crippen molar-refractivity contribution in [2.75, 3.05) is 12.4 Å². The molecule has 7 heteroatoms. The summed E-state index contributed by atoms with van der Waals surface area (Å²) in [6.45, 7) is 3.18. The van der Waals surface area contributed by atoms with Gasteiger partial charge in [0.25, 0.3) is 5.56 Å². The molecule has 1 aliphatic rings. The first kappa shape index (κ1) is 18.5. The van der Waals surface area contributed by atoms with Crippen LogP contribution in [0.2, 0.25) is 0 Å². The van der Waals surface area contributed by atoms with E-state index in [2.05, 4.69) is 27.2 Å². The SMILES string of the molecule is CCCn1c(NCc2ccccc2OC)nc2nc(C3CCCC3)[nH]c2c1=O. The van der Waals surface area contributed by atoms with Crippen LogP contribution in [0.15, 0.2) is 29.1 Å². The van der Waals surface area contributed by atoms with Crippen LogP contribution >= 0.6 is 0 Å². The Balaban J connectivity index is 1.69. The van der Waals surface area contributed by atoms with Crippen molar-refractivity contribution in [3.63, 3.8) is 0 Å². The summed E-state index contributed by atoms with van der Waals surface area (Å²) in [5.74, 6) is 2.68. The maximum atomic E-state index is 13.1. The first-order chi connectivity index (χ1) is 13.7. The highest BCUT2D eigenvalue weighted by molar-refractivity contribution is 5.71. The summed E-state index contributed by atoms with van der Waals surface area (Å²) in [6.07, 6.45) is 5.55. The van der Waals surface area contributed by atoms with Crippen LogP contribution in [0.1, 0.15) is 56.3 Å². The zero-order valence-corrected chi connectivity index (χ0v) is 16.5. The first-order valence-electron chi connectivity index (χ1n) is 10.1. The van der Waals surface area contributed by atoms with E-state index >= 15 is 0 Å². The number of hydrogen-bond acceptors (Lipinski definition) is 5. The number of anilines is 1.